The Hall–Kier alpha value is -1.58. The quantitative estimate of drug-likeness (QED) is 0.740. The van der Waals surface area contributed by atoms with Crippen LogP contribution in [0.5, 0.6) is 0 Å². The predicted molar refractivity (Wildman–Crippen MR) is 63.8 cm³/mol. The Balaban J connectivity index is 2.28. The monoisotopic (exact) mass is 237 g/mol. The van der Waals surface area contributed by atoms with Gasteiger partial charge in [0.2, 0.25) is 0 Å². The lowest BCUT2D eigenvalue weighted by atomic mass is 10.1. The fraction of sp³-hybridized carbons (Fsp3) is 0.462. The van der Waals surface area contributed by atoms with Crippen LogP contribution in [0.25, 0.3) is 0 Å². The molecule has 0 aromatic heterocycles. The van der Waals surface area contributed by atoms with Crippen molar-refractivity contribution >= 4 is 11.7 Å². The van der Waals surface area contributed by atoms with Gasteiger partial charge in [0, 0.05) is 12.6 Å². The van der Waals surface area contributed by atoms with E-state index in [0.29, 0.717) is 11.7 Å². The number of halogens is 1. The summed E-state index contributed by atoms with van der Waals surface area (Å²) in [4.78, 5) is 13.3. The molecule has 3 nitrogen and oxygen atoms in total. The van der Waals surface area contributed by atoms with Gasteiger partial charge in [-0.05, 0) is 38.0 Å². The van der Waals surface area contributed by atoms with E-state index in [0.717, 1.165) is 19.4 Å². The summed E-state index contributed by atoms with van der Waals surface area (Å²) >= 11 is 0. The van der Waals surface area contributed by atoms with Gasteiger partial charge in [0.05, 0.1) is 18.4 Å². The van der Waals surface area contributed by atoms with Crippen molar-refractivity contribution in [1.82, 2.24) is 0 Å². The van der Waals surface area contributed by atoms with E-state index in [1.807, 2.05) is 4.90 Å². The molecule has 4 heteroatoms. The molecule has 2 rings (SSSR count). The highest BCUT2D eigenvalue weighted by Gasteiger charge is 2.23. The summed E-state index contributed by atoms with van der Waals surface area (Å²) in [7, 11) is 1.29. The average Bonchev–Trinajstić information content (AvgIpc) is 2.74. The molecule has 1 fully saturated rings. The molecular formula is C13H16FNO2. The Morgan fingerprint density at radius 3 is 2.82 bits per heavy atom. The first-order valence-electron chi connectivity index (χ1n) is 5.78. The van der Waals surface area contributed by atoms with Crippen LogP contribution in [0.1, 0.15) is 30.1 Å². The van der Waals surface area contributed by atoms with Crippen LogP contribution in [-0.2, 0) is 4.74 Å². The average molecular weight is 237 g/mol. The van der Waals surface area contributed by atoms with Crippen LogP contribution in [0.15, 0.2) is 18.2 Å². The highest BCUT2D eigenvalue weighted by Crippen LogP contribution is 2.28. The highest BCUT2D eigenvalue weighted by atomic mass is 19.1. The van der Waals surface area contributed by atoms with Crippen molar-refractivity contribution in [2.24, 2.45) is 0 Å². The van der Waals surface area contributed by atoms with E-state index >= 15 is 0 Å². The van der Waals surface area contributed by atoms with Gasteiger partial charge in [-0.15, -0.1) is 0 Å². The molecule has 0 saturated carbocycles. The Labute approximate surface area is 100 Å². The molecule has 1 saturated heterocycles. The van der Waals surface area contributed by atoms with E-state index in [2.05, 4.69) is 11.7 Å². The number of methoxy groups -OCH3 is 1. The number of hydrogen-bond acceptors (Lipinski definition) is 3. The smallest absolute Gasteiger partial charge is 0.337 e. The molecule has 0 spiro atoms. The number of carbonyl (C=O) groups is 1. The molecule has 0 amide bonds. The van der Waals surface area contributed by atoms with Gasteiger partial charge in [-0.2, -0.15) is 0 Å². The zero-order valence-electron chi connectivity index (χ0n) is 10.1. The zero-order valence-corrected chi connectivity index (χ0v) is 10.1. The summed E-state index contributed by atoms with van der Waals surface area (Å²) < 4.78 is 18.5. The molecule has 0 bridgehead atoms. The van der Waals surface area contributed by atoms with Crippen molar-refractivity contribution in [3.05, 3.63) is 29.6 Å². The lowest BCUT2D eigenvalue weighted by Crippen LogP contribution is -2.27. The molecule has 1 heterocycles. The van der Waals surface area contributed by atoms with Crippen LogP contribution in [0.2, 0.25) is 0 Å². The van der Waals surface area contributed by atoms with Gasteiger partial charge in [0.25, 0.3) is 0 Å². The van der Waals surface area contributed by atoms with Crippen molar-refractivity contribution in [2.75, 3.05) is 18.6 Å². The van der Waals surface area contributed by atoms with Crippen molar-refractivity contribution in [2.45, 2.75) is 25.8 Å². The maximum absolute atomic E-state index is 13.9. The molecule has 0 radical (unpaired) electrons. The number of ether oxygens (including phenoxy) is 1. The van der Waals surface area contributed by atoms with Crippen molar-refractivity contribution in [1.29, 1.82) is 0 Å². The number of hydrogen-bond donors (Lipinski definition) is 0. The molecule has 0 aliphatic carbocycles. The van der Waals surface area contributed by atoms with Crippen molar-refractivity contribution < 1.29 is 13.9 Å². The standard InChI is InChI=1S/C13H16FNO2/c1-9-4-3-7-15(9)12-6-5-10(8-11(12)14)13(16)17-2/h5-6,8-9H,3-4,7H2,1-2H3. The van der Waals surface area contributed by atoms with E-state index in [1.54, 1.807) is 12.1 Å². The summed E-state index contributed by atoms with van der Waals surface area (Å²) in [5.74, 6) is -0.869. The molecule has 1 unspecified atom stereocenters. The van der Waals surface area contributed by atoms with E-state index < -0.39 is 5.97 Å². The summed E-state index contributed by atoms with van der Waals surface area (Å²) in [6.07, 6.45) is 2.16. The molecule has 17 heavy (non-hydrogen) atoms. The van der Waals surface area contributed by atoms with Gasteiger partial charge in [-0.1, -0.05) is 0 Å². The Morgan fingerprint density at radius 1 is 1.53 bits per heavy atom. The highest BCUT2D eigenvalue weighted by molar-refractivity contribution is 5.89. The first-order chi connectivity index (χ1) is 8.13. The largest absolute Gasteiger partial charge is 0.465 e. The molecule has 1 aliphatic heterocycles. The minimum Gasteiger partial charge on any atom is -0.465 e. The van der Waals surface area contributed by atoms with Crippen LogP contribution in [0.3, 0.4) is 0 Å². The fourth-order valence-corrected chi connectivity index (χ4v) is 2.28. The van der Waals surface area contributed by atoms with E-state index in [1.165, 1.54) is 13.2 Å². The Kier molecular flexibility index (Phi) is 3.31. The molecule has 0 N–H and O–H groups in total. The molecule has 1 aliphatic rings. The fourth-order valence-electron chi connectivity index (χ4n) is 2.28. The van der Waals surface area contributed by atoms with Gasteiger partial charge in [-0.25, -0.2) is 9.18 Å². The van der Waals surface area contributed by atoms with Crippen LogP contribution in [0, 0.1) is 5.82 Å². The first kappa shape index (κ1) is 11.9. The minimum absolute atomic E-state index is 0.251. The normalized spacial score (nSPS) is 19.5. The number of benzene rings is 1. The summed E-state index contributed by atoms with van der Waals surface area (Å²) in [5.41, 5.74) is 0.822. The maximum Gasteiger partial charge on any atom is 0.337 e. The van der Waals surface area contributed by atoms with E-state index in [4.69, 9.17) is 0 Å². The number of rotatable bonds is 2. The van der Waals surface area contributed by atoms with E-state index in [-0.39, 0.29) is 11.4 Å². The molecule has 1 aromatic carbocycles. The van der Waals surface area contributed by atoms with Gasteiger partial charge < -0.3 is 9.64 Å². The SMILES string of the molecule is COC(=O)c1ccc(N2CCCC2C)c(F)c1. The lowest BCUT2D eigenvalue weighted by Gasteiger charge is -2.24. The van der Waals surface area contributed by atoms with Crippen LogP contribution in [0.4, 0.5) is 10.1 Å². The topological polar surface area (TPSA) is 29.5 Å². The third-order valence-electron chi connectivity index (χ3n) is 3.23. The maximum atomic E-state index is 13.9. The number of esters is 1. The van der Waals surface area contributed by atoms with Crippen LogP contribution >= 0.6 is 0 Å². The van der Waals surface area contributed by atoms with Gasteiger partial charge >= 0.3 is 5.97 Å². The third kappa shape index (κ3) is 2.25. The molecular weight excluding hydrogens is 221 g/mol. The second-order valence-corrected chi connectivity index (χ2v) is 4.34. The van der Waals surface area contributed by atoms with Gasteiger partial charge in [0.15, 0.2) is 0 Å². The Morgan fingerprint density at radius 2 is 2.29 bits per heavy atom. The third-order valence-corrected chi connectivity index (χ3v) is 3.23. The van der Waals surface area contributed by atoms with Crippen LogP contribution in [-0.4, -0.2) is 25.7 Å². The molecule has 1 atom stereocenters. The van der Waals surface area contributed by atoms with Crippen molar-refractivity contribution in [3.63, 3.8) is 0 Å². The molecule has 1 aromatic rings. The second kappa shape index (κ2) is 4.73. The Bertz CT molecular complexity index is 433. The van der Waals surface area contributed by atoms with E-state index in [9.17, 15) is 9.18 Å². The summed E-state index contributed by atoms with van der Waals surface area (Å²) in [6, 6.07) is 4.86. The first-order valence-corrected chi connectivity index (χ1v) is 5.78. The predicted octanol–water partition coefficient (Wildman–Crippen LogP) is 2.60. The second-order valence-electron chi connectivity index (χ2n) is 4.34. The molecule has 92 valence electrons. The lowest BCUT2D eigenvalue weighted by molar-refractivity contribution is 0.0600. The number of anilines is 1. The van der Waals surface area contributed by atoms with Crippen molar-refractivity contribution in [3.8, 4) is 0 Å². The zero-order chi connectivity index (χ0) is 12.4. The minimum atomic E-state index is -0.509. The summed E-state index contributed by atoms with van der Waals surface area (Å²) in [5, 5.41) is 0. The van der Waals surface area contributed by atoms with Crippen LogP contribution < -0.4 is 4.90 Å². The van der Waals surface area contributed by atoms with Gasteiger partial charge in [-0.3, -0.25) is 0 Å². The number of nitrogens with zero attached hydrogens (tertiary/aromatic N) is 1. The number of carbonyl (C=O) groups excluding carboxylic acids is 1. The van der Waals surface area contributed by atoms with Gasteiger partial charge in [0.1, 0.15) is 5.82 Å². The summed E-state index contributed by atoms with van der Waals surface area (Å²) in [6.45, 7) is 2.95.